The molecule has 2 unspecified atom stereocenters. The zero-order valence-corrected chi connectivity index (χ0v) is 22.9. The van der Waals surface area contributed by atoms with Gasteiger partial charge in [-0.1, -0.05) is 24.2 Å². The minimum atomic E-state index is -5.16. The molecule has 15 heteroatoms. The Morgan fingerprint density at radius 2 is 1.90 bits per heavy atom. The van der Waals surface area contributed by atoms with E-state index >= 15 is 0 Å². The second kappa shape index (κ2) is 11.8. The largest absolute Gasteiger partial charge is 0.495 e. The van der Waals surface area contributed by atoms with E-state index in [4.69, 9.17) is 4.74 Å². The molecule has 1 saturated carbocycles. The number of methoxy groups -OCH3 is 1. The molecule has 2 aliphatic rings. The average molecular weight is 591 g/mol. The summed E-state index contributed by atoms with van der Waals surface area (Å²) < 4.78 is 76.6. The summed E-state index contributed by atoms with van der Waals surface area (Å²) in [5.74, 6) is -2.39. The molecular formula is C24H29F3N4O6S2. The molecule has 1 aromatic heterocycles. The molecule has 1 amide bonds. The third-order valence-electron chi connectivity index (χ3n) is 6.63. The molecule has 2 heterocycles. The second-order valence-corrected chi connectivity index (χ2v) is 12.1. The van der Waals surface area contributed by atoms with Crippen molar-refractivity contribution in [2.24, 2.45) is 5.92 Å². The fraction of sp³-hybridized carbons (Fsp3) is 0.542. The van der Waals surface area contributed by atoms with Gasteiger partial charge in [-0.2, -0.15) is 13.2 Å². The Morgan fingerprint density at radius 1 is 1.18 bits per heavy atom. The van der Waals surface area contributed by atoms with Gasteiger partial charge < -0.3 is 14.8 Å². The molecule has 3 N–H and O–H groups in total. The van der Waals surface area contributed by atoms with Gasteiger partial charge in [-0.3, -0.25) is 10.1 Å². The van der Waals surface area contributed by atoms with Crippen molar-refractivity contribution in [1.29, 1.82) is 0 Å². The summed E-state index contributed by atoms with van der Waals surface area (Å²) in [6.45, 7) is 1.89. The summed E-state index contributed by atoms with van der Waals surface area (Å²) in [6, 6.07) is 3.80. The minimum absolute atomic E-state index is 0.0342. The van der Waals surface area contributed by atoms with E-state index in [0.29, 0.717) is 21.3 Å². The predicted octanol–water partition coefficient (Wildman–Crippen LogP) is 3.72. The van der Waals surface area contributed by atoms with E-state index in [2.05, 4.69) is 25.1 Å². The van der Waals surface area contributed by atoms with Crippen LogP contribution in [-0.4, -0.2) is 57.4 Å². The molecule has 2 aromatic rings. The molecule has 0 bridgehead atoms. The molecule has 2 fully saturated rings. The highest BCUT2D eigenvalue weighted by Gasteiger charge is 2.43. The van der Waals surface area contributed by atoms with E-state index in [9.17, 15) is 31.2 Å². The Hall–Kier alpha value is -2.75. The zero-order valence-electron chi connectivity index (χ0n) is 21.3. The third-order valence-corrected chi connectivity index (χ3v) is 9.30. The molecule has 39 heavy (non-hydrogen) atoms. The number of halogens is 3. The highest BCUT2D eigenvalue weighted by atomic mass is 32.2. The van der Waals surface area contributed by atoms with Crippen LogP contribution in [-0.2, 0) is 24.3 Å². The Bertz CT molecular complexity index is 1330. The molecule has 0 spiro atoms. The van der Waals surface area contributed by atoms with Crippen LogP contribution in [0.3, 0.4) is 0 Å². The highest BCUT2D eigenvalue weighted by Crippen LogP contribution is 2.37. The number of carbonyl (C=O) groups is 2. The quantitative estimate of drug-likeness (QED) is 0.396. The van der Waals surface area contributed by atoms with Gasteiger partial charge in [0.1, 0.15) is 10.6 Å². The fourth-order valence-electron chi connectivity index (χ4n) is 4.70. The highest BCUT2D eigenvalue weighted by molar-refractivity contribution is 7.89. The fourth-order valence-corrected chi connectivity index (χ4v) is 7.14. The Balaban J connectivity index is 1.52. The average Bonchev–Trinajstić information content (AvgIpc) is 3.53. The topological polar surface area (TPSA) is 136 Å². The number of aryl methyl sites for hydroxylation is 1. The van der Waals surface area contributed by atoms with Gasteiger partial charge in [-0.05, 0) is 49.9 Å². The van der Waals surface area contributed by atoms with E-state index in [1.807, 2.05) is 0 Å². The SMILES string of the molecule is COc1ccc(-c2sc(NC(=O)C3CCCC3)nc2C)cc1S(=O)(=O)NC1CCNC(OC(=O)C(F)(F)F)C1. The summed E-state index contributed by atoms with van der Waals surface area (Å²) in [6.07, 6.45) is -2.65. The van der Waals surface area contributed by atoms with Gasteiger partial charge in [0.05, 0.1) is 17.7 Å². The van der Waals surface area contributed by atoms with Crippen LogP contribution in [0.15, 0.2) is 23.1 Å². The zero-order chi connectivity index (χ0) is 28.4. The van der Waals surface area contributed by atoms with Crippen molar-refractivity contribution in [3.63, 3.8) is 0 Å². The molecule has 214 valence electrons. The normalized spacial score (nSPS) is 20.5. The molecule has 1 aliphatic heterocycles. The standard InChI is InChI=1S/C24H29F3N4O6S2/c1-13-20(38-23(29-13)30-21(32)14-5-3-4-6-14)15-7-8-17(36-2)18(11-15)39(34,35)31-16-9-10-28-19(12-16)37-22(33)24(25,26)27/h7-8,11,14,16,19,28,31H,3-6,9-10,12H2,1-2H3,(H,29,30,32). The van der Waals surface area contributed by atoms with Crippen molar-refractivity contribution in [1.82, 2.24) is 15.0 Å². The van der Waals surface area contributed by atoms with E-state index in [0.717, 1.165) is 25.7 Å². The van der Waals surface area contributed by atoms with E-state index in [1.54, 1.807) is 13.0 Å². The number of sulfonamides is 1. The Kier molecular flexibility index (Phi) is 8.83. The lowest BCUT2D eigenvalue weighted by molar-refractivity contribution is -0.207. The molecule has 1 saturated heterocycles. The van der Waals surface area contributed by atoms with Crippen LogP contribution >= 0.6 is 11.3 Å². The van der Waals surface area contributed by atoms with Gasteiger partial charge in [0.15, 0.2) is 11.4 Å². The molecular weight excluding hydrogens is 561 g/mol. The Morgan fingerprint density at radius 3 is 2.56 bits per heavy atom. The first-order chi connectivity index (χ1) is 18.4. The summed E-state index contributed by atoms with van der Waals surface area (Å²) in [4.78, 5) is 28.6. The monoisotopic (exact) mass is 590 g/mol. The summed E-state index contributed by atoms with van der Waals surface area (Å²) in [5, 5.41) is 5.92. The van der Waals surface area contributed by atoms with Crippen LogP contribution in [0.1, 0.15) is 44.2 Å². The van der Waals surface area contributed by atoms with Gasteiger partial charge in [0.25, 0.3) is 0 Å². The number of nitrogens with one attached hydrogen (secondary N) is 3. The molecule has 2 atom stereocenters. The smallest absolute Gasteiger partial charge is 0.490 e. The number of carbonyl (C=O) groups excluding carboxylic acids is 2. The number of esters is 1. The minimum Gasteiger partial charge on any atom is -0.495 e. The number of amides is 1. The number of piperidine rings is 1. The predicted molar refractivity (Wildman–Crippen MR) is 137 cm³/mol. The second-order valence-electron chi connectivity index (χ2n) is 9.46. The first-order valence-electron chi connectivity index (χ1n) is 12.4. The third kappa shape index (κ3) is 7.07. The first-order valence-corrected chi connectivity index (χ1v) is 14.7. The number of anilines is 1. The number of ether oxygens (including phenoxy) is 2. The van der Waals surface area contributed by atoms with Crippen LogP contribution in [0.25, 0.3) is 10.4 Å². The van der Waals surface area contributed by atoms with E-state index in [-0.39, 0.29) is 41.9 Å². The lowest BCUT2D eigenvalue weighted by Gasteiger charge is -2.30. The number of hydrogen-bond acceptors (Lipinski definition) is 9. The number of nitrogens with zero attached hydrogens (tertiary/aromatic N) is 1. The summed E-state index contributed by atoms with van der Waals surface area (Å²) in [7, 11) is -2.88. The number of thiazole rings is 1. The molecule has 1 aromatic carbocycles. The number of rotatable bonds is 8. The van der Waals surface area contributed by atoms with E-state index in [1.165, 1.54) is 30.6 Å². The van der Waals surface area contributed by atoms with Gasteiger partial charge >= 0.3 is 12.1 Å². The van der Waals surface area contributed by atoms with Crippen LogP contribution in [0.4, 0.5) is 18.3 Å². The number of hydrogen-bond donors (Lipinski definition) is 3. The van der Waals surface area contributed by atoms with Crippen LogP contribution in [0.5, 0.6) is 5.75 Å². The van der Waals surface area contributed by atoms with Gasteiger partial charge in [0, 0.05) is 24.9 Å². The Labute approximate surface area is 227 Å². The number of alkyl halides is 3. The van der Waals surface area contributed by atoms with Crippen LogP contribution in [0, 0.1) is 12.8 Å². The maximum atomic E-state index is 13.4. The van der Waals surface area contributed by atoms with Crippen LogP contribution < -0.4 is 20.1 Å². The molecule has 4 rings (SSSR count). The molecule has 0 radical (unpaired) electrons. The van der Waals surface area contributed by atoms with Crippen molar-refractivity contribution in [2.45, 2.75) is 68.8 Å². The molecule has 10 nitrogen and oxygen atoms in total. The van der Waals surface area contributed by atoms with Gasteiger partial charge in [-0.25, -0.2) is 22.9 Å². The van der Waals surface area contributed by atoms with Gasteiger partial charge in [-0.15, -0.1) is 0 Å². The van der Waals surface area contributed by atoms with Crippen molar-refractivity contribution >= 4 is 38.4 Å². The summed E-state index contributed by atoms with van der Waals surface area (Å²) >= 11 is 1.23. The summed E-state index contributed by atoms with van der Waals surface area (Å²) in [5.41, 5.74) is 1.14. The maximum absolute atomic E-state index is 13.4. The molecule has 1 aliphatic carbocycles. The van der Waals surface area contributed by atoms with Crippen molar-refractivity contribution in [3.8, 4) is 16.2 Å². The number of benzene rings is 1. The number of aromatic nitrogens is 1. The lowest BCUT2D eigenvalue weighted by atomic mass is 10.1. The van der Waals surface area contributed by atoms with Gasteiger partial charge in [0.2, 0.25) is 15.9 Å². The van der Waals surface area contributed by atoms with Crippen molar-refractivity contribution in [2.75, 3.05) is 19.0 Å². The van der Waals surface area contributed by atoms with Crippen LogP contribution in [0.2, 0.25) is 0 Å². The van der Waals surface area contributed by atoms with E-state index < -0.39 is 34.4 Å². The van der Waals surface area contributed by atoms with Crippen molar-refractivity contribution in [3.05, 3.63) is 23.9 Å². The maximum Gasteiger partial charge on any atom is 0.490 e. The first kappa shape index (κ1) is 29.2. The van der Waals surface area contributed by atoms with Crippen molar-refractivity contribution < 1.29 is 40.7 Å². The lowest BCUT2D eigenvalue weighted by Crippen LogP contribution is -2.50.